The summed E-state index contributed by atoms with van der Waals surface area (Å²) in [4.78, 5) is 0. The van der Waals surface area contributed by atoms with Gasteiger partial charge in [-0.15, -0.1) is 0 Å². The lowest BCUT2D eigenvalue weighted by Crippen LogP contribution is -2.09. The number of fused-ring (bicyclic) bond motifs is 6. The Morgan fingerprint density at radius 2 is 1.15 bits per heavy atom. The van der Waals surface area contributed by atoms with Gasteiger partial charge in [0.25, 0.3) is 0 Å². The highest BCUT2D eigenvalue weighted by Gasteiger charge is 2.22. The minimum absolute atomic E-state index is 1.01. The monoisotopic (exact) mass is 607 g/mol. The van der Waals surface area contributed by atoms with Crippen molar-refractivity contribution >= 4 is 51.0 Å². The van der Waals surface area contributed by atoms with Crippen LogP contribution in [0.4, 0.5) is 11.4 Å². The summed E-state index contributed by atoms with van der Waals surface area (Å²) in [7, 11) is 0. The predicted molar refractivity (Wildman–Crippen MR) is 200 cm³/mol. The highest BCUT2D eigenvalue weighted by atomic mass is 15.5. The summed E-state index contributed by atoms with van der Waals surface area (Å²) in [6.45, 7) is 3.30. The van der Waals surface area contributed by atoms with Gasteiger partial charge < -0.3 is 4.57 Å². The number of hydrogen-bond acceptors (Lipinski definition) is 2. The van der Waals surface area contributed by atoms with E-state index < -0.39 is 0 Å². The van der Waals surface area contributed by atoms with E-state index in [0.29, 0.717) is 0 Å². The molecule has 47 heavy (non-hydrogen) atoms. The van der Waals surface area contributed by atoms with Gasteiger partial charge in [0.1, 0.15) is 0 Å². The van der Waals surface area contributed by atoms with Gasteiger partial charge in [0.15, 0.2) is 0 Å². The molecule has 0 unspecified atom stereocenters. The topological polar surface area (TPSA) is 20.5 Å². The smallest absolute Gasteiger partial charge is 0.0653 e. The molecule has 1 aliphatic rings. The average molecular weight is 608 g/mol. The molecule has 8 rings (SSSR count). The van der Waals surface area contributed by atoms with Crippen molar-refractivity contribution in [2.45, 2.75) is 32.7 Å². The van der Waals surface area contributed by atoms with Crippen LogP contribution in [0.25, 0.3) is 44.6 Å². The van der Waals surface area contributed by atoms with Crippen LogP contribution in [-0.2, 0) is 6.54 Å². The van der Waals surface area contributed by atoms with Crippen molar-refractivity contribution in [3.05, 3.63) is 168 Å². The van der Waals surface area contributed by atoms with Crippen LogP contribution in [0.1, 0.15) is 48.4 Å². The Morgan fingerprint density at radius 1 is 0.553 bits per heavy atom. The molecule has 1 heterocycles. The molecule has 3 heteroatoms. The zero-order chi connectivity index (χ0) is 31.6. The number of aromatic nitrogens is 1. The van der Waals surface area contributed by atoms with Gasteiger partial charge in [-0.05, 0) is 93.9 Å². The van der Waals surface area contributed by atoms with Crippen LogP contribution in [0.3, 0.4) is 0 Å². The van der Waals surface area contributed by atoms with Crippen LogP contribution in [0.5, 0.6) is 0 Å². The molecule has 0 N–H and O–H groups in total. The van der Waals surface area contributed by atoms with Crippen LogP contribution >= 0.6 is 0 Å². The quantitative estimate of drug-likeness (QED) is 0.0908. The Morgan fingerprint density at radius 3 is 1.87 bits per heavy atom. The van der Waals surface area contributed by atoms with E-state index in [9.17, 15) is 0 Å². The first kappa shape index (κ1) is 28.8. The van der Waals surface area contributed by atoms with Crippen molar-refractivity contribution in [2.75, 3.05) is 5.01 Å². The number of aryl methyl sites for hydroxylation is 1. The lowest BCUT2D eigenvalue weighted by atomic mass is 10.0. The number of benzene rings is 6. The van der Waals surface area contributed by atoms with Gasteiger partial charge in [-0.2, -0.15) is 5.10 Å². The van der Waals surface area contributed by atoms with Crippen LogP contribution in [0.2, 0.25) is 0 Å². The molecule has 0 aliphatic heterocycles. The third kappa shape index (κ3) is 5.44. The molecule has 0 fully saturated rings. The number of hydrazone groups is 1. The molecule has 0 amide bonds. The number of unbranched alkanes of at least 4 members (excludes halogenated alkanes) is 2. The van der Waals surface area contributed by atoms with E-state index in [1.165, 1.54) is 68.9 Å². The fourth-order valence-corrected chi connectivity index (χ4v) is 6.97. The lowest BCUT2D eigenvalue weighted by molar-refractivity contribution is 0.627. The minimum atomic E-state index is 1.01. The SMILES string of the molecule is CCCCCn1c2ccccc2c2cc(C=NN(c3ccccc3)c3ccc(C=C4c5ccccc5-c5ccccc54)cc3)ccc21. The first-order valence-electron chi connectivity index (χ1n) is 16.7. The standard InChI is InChI=1S/C44H37N3/c1-2-3-13-28-46-43-21-12-11-20-40(43)42-30-33(24-27-44(42)46)31-45-47(34-14-5-4-6-15-34)35-25-22-32(23-26-35)29-41-38-18-9-7-16-36(38)37-17-8-10-19-39(37)41/h4-12,14-27,29-31H,2-3,13,28H2,1H3. The van der Waals surface area contributed by atoms with E-state index in [2.05, 4.69) is 157 Å². The van der Waals surface area contributed by atoms with E-state index in [1.54, 1.807) is 0 Å². The normalized spacial score (nSPS) is 12.1. The van der Waals surface area contributed by atoms with Gasteiger partial charge in [-0.1, -0.05) is 123 Å². The Balaban J connectivity index is 1.13. The van der Waals surface area contributed by atoms with Gasteiger partial charge >= 0.3 is 0 Å². The van der Waals surface area contributed by atoms with Crippen LogP contribution in [-0.4, -0.2) is 10.8 Å². The molecule has 0 bridgehead atoms. The minimum Gasteiger partial charge on any atom is -0.340 e. The summed E-state index contributed by atoms with van der Waals surface area (Å²) in [6, 6.07) is 52.0. The Hall–Kier alpha value is -5.67. The van der Waals surface area contributed by atoms with E-state index in [4.69, 9.17) is 5.10 Å². The van der Waals surface area contributed by atoms with Gasteiger partial charge in [-0.3, -0.25) is 0 Å². The number of rotatable bonds is 9. The fraction of sp³-hybridized carbons (Fsp3) is 0.114. The number of para-hydroxylation sites is 2. The maximum atomic E-state index is 5.07. The van der Waals surface area contributed by atoms with E-state index >= 15 is 0 Å². The largest absolute Gasteiger partial charge is 0.340 e. The zero-order valence-electron chi connectivity index (χ0n) is 26.7. The van der Waals surface area contributed by atoms with E-state index in [0.717, 1.165) is 29.0 Å². The maximum Gasteiger partial charge on any atom is 0.0653 e. The predicted octanol–water partition coefficient (Wildman–Crippen LogP) is 11.7. The Kier molecular flexibility index (Phi) is 7.72. The molecule has 0 radical (unpaired) electrons. The Bertz CT molecular complexity index is 2210. The van der Waals surface area contributed by atoms with Crippen molar-refractivity contribution in [3.63, 3.8) is 0 Å². The van der Waals surface area contributed by atoms with Crippen molar-refractivity contribution in [2.24, 2.45) is 5.10 Å². The second-order valence-corrected chi connectivity index (χ2v) is 12.3. The van der Waals surface area contributed by atoms with Crippen LogP contribution < -0.4 is 5.01 Å². The molecule has 0 saturated carbocycles. The molecule has 7 aromatic rings. The number of hydrogen-bond donors (Lipinski definition) is 0. The molecular formula is C44H37N3. The molecule has 6 aromatic carbocycles. The molecule has 1 aliphatic carbocycles. The second-order valence-electron chi connectivity index (χ2n) is 12.3. The van der Waals surface area contributed by atoms with Gasteiger partial charge in [0.2, 0.25) is 0 Å². The van der Waals surface area contributed by atoms with E-state index in [-0.39, 0.29) is 0 Å². The molecule has 1 aromatic heterocycles. The summed E-state index contributed by atoms with van der Waals surface area (Å²) in [5, 5.41) is 9.67. The van der Waals surface area contributed by atoms with Crippen molar-refractivity contribution in [1.29, 1.82) is 0 Å². The highest BCUT2D eigenvalue weighted by Crippen LogP contribution is 2.44. The van der Waals surface area contributed by atoms with Gasteiger partial charge in [-0.25, -0.2) is 5.01 Å². The summed E-state index contributed by atoms with van der Waals surface area (Å²) >= 11 is 0. The first-order valence-corrected chi connectivity index (χ1v) is 16.7. The molecule has 0 spiro atoms. The van der Waals surface area contributed by atoms with Gasteiger partial charge in [0, 0.05) is 28.4 Å². The highest BCUT2D eigenvalue weighted by molar-refractivity contribution is 6.10. The summed E-state index contributed by atoms with van der Waals surface area (Å²) in [5.41, 5.74) is 13.3. The summed E-state index contributed by atoms with van der Waals surface area (Å²) in [6.07, 6.45) is 7.94. The molecule has 0 saturated heterocycles. The molecule has 0 atom stereocenters. The van der Waals surface area contributed by atoms with Crippen molar-refractivity contribution in [3.8, 4) is 11.1 Å². The number of nitrogens with zero attached hydrogens (tertiary/aromatic N) is 3. The average Bonchev–Trinajstić information content (AvgIpc) is 3.62. The molecule has 228 valence electrons. The van der Waals surface area contributed by atoms with Crippen LogP contribution in [0, 0.1) is 0 Å². The summed E-state index contributed by atoms with van der Waals surface area (Å²) < 4.78 is 2.48. The maximum absolute atomic E-state index is 5.07. The lowest BCUT2D eigenvalue weighted by Gasteiger charge is -2.19. The molecule has 3 nitrogen and oxygen atoms in total. The zero-order valence-corrected chi connectivity index (χ0v) is 26.7. The van der Waals surface area contributed by atoms with Crippen LogP contribution in [0.15, 0.2) is 151 Å². The summed E-state index contributed by atoms with van der Waals surface area (Å²) in [5.74, 6) is 0. The van der Waals surface area contributed by atoms with E-state index in [1.807, 2.05) is 17.3 Å². The third-order valence-electron chi connectivity index (χ3n) is 9.28. The third-order valence-corrected chi connectivity index (χ3v) is 9.28. The van der Waals surface area contributed by atoms with Crippen molar-refractivity contribution < 1.29 is 0 Å². The second kappa shape index (κ2) is 12.6. The Labute approximate surface area is 276 Å². The fourth-order valence-electron chi connectivity index (χ4n) is 6.97. The number of anilines is 2. The first-order chi connectivity index (χ1) is 23.3. The van der Waals surface area contributed by atoms with Gasteiger partial charge in [0.05, 0.1) is 17.6 Å². The van der Waals surface area contributed by atoms with Crippen molar-refractivity contribution in [1.82, 2.24) is 4.57 Å². The molecular weight excluding hydrogens is 571 g/mol.